The van der Waals surface area contributed by atoms with Gasteiger partial charge in [-0.1, -0.05) is 6.07 Å². The average Bonchev–Trinajstić information content (AvgIpc) is 3.25. The molecular formula is C23H30N6O3S. The van der Waals surface area contributed by atoms with Crippen LogP contribution in [0.3, 0.4) is 0 Å². The maximum Gasteiger partial charge on any atom is 0.243 e. The van der Waals surface area contributed by atoms with Gasteiger partial charge in [0.05, 0.1) is 23.4 Å². The molecule has 3 aliphatic rings. The standard InChI is InChI=1S/C23H30N6O3S/c30-23(26-19-2-1-5-24-14-19)22-20-11-17(3-4-21(20)27-28-22)18-10-16(12-25-13-18)15-29-6-8-33(31,32)9-7-29/h1-2,5,10,12-14,17,20-22,27-28H,3-4,6-9,11,15H2,(H,26,30). The molecule has 2 aliphatic heterocycles. The van der Waals surface area contributed by atoms with Gasteiger partial charge in [0.1, 0.15) is 6.04 Å². The zero-order chi connectivity index (χ0) is 22.8. The molecule has 2 aromatic heterocycles. The van der Waals surface area contributed by atoms with Crippen LogP contribution in [0.5, 0.6) is 0 Å². The van der Waals surface area contributed by atoms with E-state index in [4.69, 9.17) is 0 Å². The molecule has 0 aromatic carbocycles. The predicted molar refractivity (Wildman–Crippen MR) is 125 cm³/mol. The van der Waals surface area contributed by atoms with Crippen molar-refractivity contribution in [2.45, 2.75) is 43.8 Å². The third-order valence-electron chi connectivity index (χ3n) is 7.09. The molecule has 9 nitrogen and oxygen atoms in total. The number of carbonyl (C=O) groups excluding carboxylic acids is 1. The molecular weight excluding hydrogens is 440 g/mol. The number of hydrogen-bond acceptors (Lipinski definition) is 8. The predicted octanol–water partition coefficient (Wildman–Crippen LogP) is 1.07. The molecule has 5 rings (SSSR count). The molecule has 2 aromatic rings. The SMILES string of the molecule is O=C(Nc1cccnc1)C1NNC2CCC(c3cncc(CN4CCS(=O)(=O)CC4)c3)CC21. The number of pyridine rings is 2. The first-order valence-electron chi connectivity index (χ1n) is 11.6. The first kappa shape index (κ1) is 22.4. The zero-order valence-electron chi connectivity index (χ0n) is 18.5. The molecule has 4 heterocycles. The Kier molecular flexibility index (Phi) is 6.42. The number of nitrogens with zero attached hydrogens (tertiary/aromatic N) is 3. The largest absolute Gasteiger partial charge is 0.323 e. The van der Waals surface area contributed by atoms with Crippen LogP contribution in [-0.2, 0) is 21.2 Å². The summed E-state index contributed by atoms with van der Waals surface area (Å²) in [6, 6.07) is 5.82. The van der Waals surface area contributed by atoms with Gasteiger partial charge in [0.15, 0.2) is 9.84 Å². The van der Waals surface area contributed by atoms with Crippen LogP contribution < -0.4 is 16.2 Å². The lowest BCUT2D eigenvalue weighted by atomic mass is 9.73. The number of hydrazine groups is 1. The summed E-state index contributed by atoms with van der Waals surface area (Å²) in [7, 11) is -2.88. The van der Waals surface area contributed by atoms with E-state index < -0.39 is 9.84 Å². The number of hydrogen-bond donors (Lipinski definition) is 3. The van der Waals surface area contributed by atoms with E-state index >= 15 is 0 Å². The highest BCUT2D eigenvalue weighted by molar-refractivity contribution is 7.91. The number of amides is 1. The quantitative estimate of drug-likeness (QED) is 0.594. The van der Waals surface area contributed by atoms with Crippen molar-refractivity contribution in [3.05, 3.63) is 54.1 Å². The number of rotatable bonds is 5. The van der Waals surface area contributed by atoms with Gasteiger partial charge in [-0.05, 0) is 48.4 Å². The highest BCUT2D eigenvalue weighted by Crippen LogP contribution is 2.39. The molecule has 1 amide bonds. The van der Waals surface area contributed by atoms with Gasteiger partial charge in [-0.3, -0.25) is 25.1 Å². The number of nitrogens with one attached hydrogen (secondary N) is 3. The van der Waals surface area contributed by atoms with Crippen LogP contribution >= 0.6 is 0 Å². The van der Waals surface area contributed by atoms with E-state index in [1.807, 2.05) is 18.5 Å². The molecule has 176 valence electrons. The minimum Gasteiger partial charge on any atom is -0.323 e. The Balaban J connectivity index is 1.23. The molecule has 3 fully saturated rings. The summed E-state index contributed by atoms with van der Waals surface area (Å²) in [6.45, 7) is 1.87. The molecule has 4 atom stereocenters. The Labute approximate surface area is 194 Å². The maximum absolute atomic E-state index is 12.9. The molecule has 0 bridgehead atoms. The van der Waals surface area contributed by atoms with Gasteiger partial charge in [-0.2, -0.15) is 0 Å². The Bertz CT molecular complexity index is 1080. The first-order chi connectivity index (χ1) is 16.0. The maximum atomic E-state index is 12.9. The second-order valence-electron chi connectivity index (χ2n) is 9.33. The van der Waals surface area contributed by atoms with Crippen molar-refractivity contribution in [2.24, 2.45) is 5.92 Å². The van der Waals surface area contributed by atoms with Crippen molar-refractivity contribution in [2.75, 3.05) is 29.9 Å². The fourth-order valence-electron chi connectivity index (χ4n) is 5.26. The summed E-state index contributed by atoms with van der Waals surface area (Å²) >= 11 is 0. The van der Waals surface area contributed by atoms with Crippen molar-refractivity contribution in [3.63, 3.8) is 0 Å². The van der Waals surface area contributed by atoms with Crippen LogP contribution in [0, 0.1) is 5.92 Å². The van der Waals surface area contributed by atoms with Gasteiger partial charge < -0.3 is 5.32 Å². The molecule has 1 saturated carbocycles. The molecule has 0 spiro atoms. The topological polar surface area (TPSA) is 116 Å². The van der Waals surface area contributed by atoms with Crippen LogP contribution in [0.4, 0.5) is 5.69 Å². The van der Waals surface area contributed by atoms with Gasteiger partial charge in [-0.15, -0.1) is 0 Å². The normalized spacial score (nSPS) is 29.3. The molecule has 1 aliphatic carbocycles. The number of sulfone groups is 1. The molecule has 2 saturated heterocycles. The average molecular weight is 471 g/mol. The Morgan fingerprint density at radius 1 is 1.12 bits per heavy atom. The summed E-state index contributed by atoms with van der Waals surface area (Å²) in [4.78, 5) is 23.7. The highest BCUT2D eigenvalue weighted by atomic mass is 32.2. The molecule has 33 heavy (non-hydrogen) atoms. The number of carbonyl (C=O) groups is 1. The monoisotopic (exact) mass is 470 g/mol. The Morgan fingerprint density at radius 2 is 1.97 bits per heavy atom. The van der Waals surface area contributed by atoms with Gasteiger partial charge in [-0.25, -0.2) is 13.8 Å². The van der Waals surface area contributed by atoms with Gasteiger partial charge in [0.25, 0.3) is 0 Å². The van der Waals surface area contributed by atoms with Gasteiger partial charge in [0, 0.05) is 50.2 Å². The fourth-order valence-corrected chi connectivity index (χ4v) is 6.54. The van der Waals surface area contributed by atoms with Crippen molar-refractivity contribution >= 4 is 21.4 Å². The van der Waals surface area contributed by atoms with Crippen molar-refractivity contribution in [3.8, 4) is 0 Å². The van der Waals surface area contributed by atoms with E-state index in [0.29, 0.717) is 31.2 Å². The number of fused-ring (bicyclic) bond motifs is 1. The van der Waals surface area contributed by atoms with Crippen LogP contribution in [0.25, 0.3) is 0 Å². The number of aromatic nitrogens is 2. The molecule has 0 radical (unpaired) electrons. The molecule has 10 heteroatoms. The van der Waals surface area contributed by atoms with Crippen LogP contribution in [0.2, 0.25) is 0 Å². The van der Waals surface area contributed by atoms with Crippen LogP contribution in [0.15, 0.2) is 43.0 Å². The van der Waals surface area contributed by atoms with E-state index in [1.54, 1.807) is 18.5 Å². The van der Waals surface area contributed by atoms with Crippen LogP contribution in [0.1, 0.15) is 36.3 Å². The van der Waals surface area contributed by atoms with Crippen molar-refractivity contribution in [1.29, 1.82) is 0 Å². The Morgan fingerprint density at radius 3 is 2.76 bits per heavy atom. The fraction of sp³-hybridized carbons (Fsp3) is 0.522. The summed E-state index contributed by atoms with van der Waals surface area (Å²) in [5.41, 5.74) is 9.54. The lowest BCUT2D eigenvalue weighted by Gasteiger charge is -2.33. The van der Waals surface area contributed by atoms with Crippen molar-refractivity contribution < 1.29 is 13.2 Å². The molecule has 4 unspecified atom stereocenters. The summed E-state index contributed by atoms with van der Waals surface area (Å²) in [5, 5.41) is 2.97. The van der Waals surface area contributed by atoms with E-state index in [-0.39, 0.29) is 35.4 Å². The number of anilines is 1. The van der Waals surface area contributed by atoms with E-state index in [0.717, 1.165) is 24.8 Å². The van der Waals surface area contributed by atoms with E-state index in [9.17, 15) is 13.2 Å². The van der Waals surface area contributed by atoms with E-state index in [2.05, 4.69) is 37.1 Å². The van der Waals surface area contributed by atoms with Crippen LogP contribution in [-0.4, -0.2) is 65.9 Å². The lowest BCUT2D eigenvalue weighted by molar-refractivity contribution is -0.119. The lowest BCUT2D eigenvalue weighted by Crippen LogP contribution is -2.42. The minimum absolute atomic E-state index is 0.0458. The third kappa shape index (κ3) is 5.24. The third-order valence-corrected chi connectivity index (χ3v) is 8.70. The van der Waals surface area contributed by atoms with E-state index in [1.165, 1.54) is 5.56 Å². The smallest absolute Gasteiger partial charge is 0.243 e. The second-order valence-corrected chi connectivity index (χ2v) is 11.6. The highest BCUT2D eigenvalue weighted by Gasteiger charge is 2.44. The van der Waals surface area contributed by atoms with Gasteiger partial charge in [0.2, 0.25) is 5.91 Å². The van der Waals surface area contributed by atoms with Gasteiger partial charge >= 0.3 is 0 Å². The summed E-state index contributed by atoms with van der Waals surface area (Å²) in [6.07, 6.45) is 10.1. The summed E-state index contributed by atoms with van der Waals surface area (Å²) in [5.74, 6) is 0.950. The summed E-state index contributed by atoms with van der Waals surface area (Å²) < 4.78 is 23.4. The molecule has 3 N–H and O–H groups in total. The Hall–Kier alpha value is -2.40. The zero-order valence-corrected chi connectivity index (χ0v) is 19.3. The minimum atomic E-state index is -2.88. The first-order valence-corrected chi connectivity index (χ1v) is 13.4. The van der Waals surface area contributed by atoms with Crippen molar-refractivity contribution in [1.82, 2.24) is 25.7 Å². The second kappa shape index (κ2) is 9.46.